The van der Waals surface area contributed by atoms with Crippen molar-refractivity contribution >= 4 is 15.9 Å². The Kier molecular flexibility index (Phi) is 7.56. The summed E-state index contributed by atoms with van der Waals surface area (Å²) in [6, 6.07) is 17.7. The lowest BCUT2D eigenvalue weighted by atomic mass is 10.1. The second-order valence-electron chi connectivity index (χ2n) is 7.01. The lowest BCUT2D eigenvalue weighted by molar-refractivity contribution is -0.122. The number of rotatable bonds is 9. The Labute approximate surface area is 162 Å². The van der Waals surface area contributed by atoms with Gasteiger partial charge in [-0.05, 0) is 37.8 Å². The highest BCUT2D eigenvalue weighted by molar-refractivity contribution is 7.88. The SMILES string of the molecule is Cc1ccc(CN(CC(=O)NC(C)CCc2ccccc2)S(C)(=O)=O)cc1. The van der Waals surface area contributed by atoms with E-state index < -0.39 is 10.0 Å². The fourth-order valence-corrected chi connectivity index (χ4v) is 3.50. The number of hydrogen-bond donors (Lipinski definition) is 1. The van der Waals surface area contributed by atoms with Crippen LogP contribution in [0.5, 0.6) is 0 Å². The molecule has 0 spiro atoms. The summed E-state index contributed by atoms with van der Waals surface area (Å²) in [6.45, 7) is 3.92. The second-order valence-corrected chi connectivity index (χ2v) is 8.99. The minimum absolute atomic E-state index is 0.0292. The summed E-state index contributed by atoms with van der Waals surface area (Å²) in [5, 5.41) is 2.90. The second kappa shape index (κ2) is 9.67. The molecule has 5 nitrogen and oxygen atoms in total. The summed E-state index contributed by atoms with van der Waals surface area (Å²) < 4.78 is 25.4. The van der Waals surface area contributed by atoms with Crippen molar-refractivity contribution in [1.82, 2.24) is 9.62 Å². The normalized spacial score (nSPS) is 12.7. The third-order valence-electron chi connectivity index (χ3n) is 4.38. The van der Waals surface area contributed by atoms with Gasteiger partial charge in [-0.1, -0.05) is 60.2 Å². The van der Waals surface area contributed by atoms with Crippen LogP contribution in [0.3, 0.4) is 0 Å². The molecule has 1 atom stereocenters. The van der Waals surface area contributed by atoms with Crippen LogP contribution in [0.4, 0.5) is 0 Å². The monoisotopic (exact) mass is 388 g/mol. The van der Waals surface area contributed by atoms with Crippen LogP contribution >= 0.6 is 0 Å². The Morgan fingerprint density at radius 3 is 2.26 bits per heavy atom. The molecular weight excluding hydrogens is 360 g/mol. The Balaban J connectivity index is 1.90. The molecule has 1 N–H and O–H groups in total. The zero-order chi connectivity index (χ0) is 19.9. The minimum Gasteiger partial charge on any atom is -0.352 e. The topological polar surface area (TPSA) is 66.5 Å². The van der Waals surface area contributed by atoms with Gasteiger partial charge in [0.1, 0.15) is 0 Å². The van der Waals surface area contributed by atoms with Crippen molar-refractivity contribution in [1.29, 1.82) is 0 Å². The largest absolute Gasteiger partial charge is 0.352 e. The van der Waals surface area contributed by atoms with Crippen molar-refractivity contribution in [2.45, 2.75) is 39.3 Å². The molecule has 146 valence electrons. The van der Waals surface area contributed by atoms with Crippen molar-refractivity contribution < 1.29 is 13.2 Å². The molecule has 0 aromatic heterocycles. The smallest absolute Gasteiger partial charge is 0.235 e. The maximum Gasteiger partial charge on any atom is 0.235 e. The number of aryl methyl sites for hydroxylation is 2. The van der Waals surface area contributed by atoms with E-state index in [4.69, 9.17) is 0 Å². The molecule has 2 aromatic rings. The summed E-state index contributed by atoms with van der Waals surface area (Å²) in [6.07, 6.45) is 2.79. The fraction of sp³-hybridized carbons (Fsp3) is 0.381. The molecule has 0 aliphatic heterocycles. The minimum atomic E-state index is -3.49. The Morgan fingerprint density at radius 1 is 1.04 bits per heavy atom. The summed E-state index contributed by atoms with van der Waals surface area (Å²) in [5.74, 6) is -0.284. The van der Waals surface area contributed by atoms with Gasteiger partial charge in [0.25, 0.3) is 0 Å². The van der Waals surface area contributed by atoms with Crippen LogP contribution in [0.1, 0.15) is 30.0 Å². The van der Waals surface area contributed by atoms with Gasteiger partial charge in [0, 0.05) is 12.6 Å². The van der Waals surface area contributed by atoms with Crippen LogP contribution in [0.15, 0.2) is 54.6 Å². The van der Waals surface area contributed by atoms with Crippen LogP contribution < -0.4 is 5.32 Å². The van der Waals surface area contributed by atoms with Gasteiger partial charge in [0.05, 0.1) is 12.8 Å². The highest BCUT2D eigenvalue weighted by atomic mass is 32.2. The summed E-state index contributed by atoms with van der Waals surface area (Å²) in [5.41, 5.74) is 3.18. The molecule has 0 aliphatic rings. The van der Waals surface area contributed by atoms with Crippen molar-refractivity contribution in [3.05, 3.63) is 71.3 Å². The Bertz CT molecular complexity index is 833. The van der Waals surface area contributed by atoms with E-state index in [1.165, 1.54) is 9.87 Å². The maximum absolute atomic E-state index is 12.3. The fourth-order valence-electron chi connectivity index (χ4n) is 2.77. The van der Waals surface area contributed by atoms with Crippen LogP contribution in [0, 0.1) is 6.92 Å². The molecule has 2 rings (SSSR count). The van der Waals surface area contributed by atoms with Crippen molar-refractivity contribution in [3.8, 4) is 0 Å². The number of nitrogens with one attached hydrogen (secondary N) is 1. The molecule has 0 saturated heterocycles. The molecule has 1 amide bonds. The van der Waals surface area contributed by atoms with E-state index in [1.807, 2.05) is 56.3 Å². The quantitative estimate of drug-likeness (QED) is 0.718. The van der Waals surface area contributed by atoms with E-state index in [2.05, 4.69) is 17.4 Å². The van der Waals surface area contributed by atoms with E-state index >= 15 is 0 Å². The average Bonchev–Trinajstić information content (AvgIpc) is 2.61. The first-order valence-corrected chi connectivity index (χ1v) is 10.9. The third-order valence-corrected chi connectivity index (χ3v) is 5.58. The van der Waals surface area contributed by atoms with E-state index in [0.717, 1.165) is 30.2 Å². The average molecular weight is 389 g/mol. The lowest BCUT2D eigenvalue weighted by Crippen LogP contribution is -2.42. The molecule has 27 heavy (non-hydrogen) atoms. The van der Waals surface area contributed by atoms with Gasteiger partial charge in [-0.2, -0.15) is 4.31 Å². The molecule has 0 heterocycles. The molecular formula is C21H28N2O3S. The number of benzene rings is 2. The standard InChI is InChI=1S/C21H28N2O3S/c1-17-9-12-20(13-10-17)15-23(27(3,25)26)16-21(24)22-18(2)11-14-19-7-5-4-6-8-19/h4-10,12-13,18H,11,14-16H2,1-3H3,(H,22,24). The first kappa shape index (κ1) is 21.1. The number of nitrogens with zero attached hydrogens (tertiary/aromatic N) is 1. The zero-order valence-electron chi connectivity index (χ0n) is 16.2. The molecule has 1 unspecified atom stereocenters. The highest BCUT2D eigenvalue weighted by Gasteiger charge is 2.21. The van der Waals surface area contributed by atoms with Gasteiger partial charge in [0.2, 0.25) is 15.9 Å². The summed E-state index contributed by atoms with van der Waals surface area (Å²) >= 11 is 0. The van der Waals surface area contributed by atoms with Crippen LogP contribution in [-0.4, -0.2) is 37.5 Å². The van der Waals surface area contributed by atoms with Crippen LogP contribution in [0.2, 0.25) is 0 Å². The summed E-state index contributed by atoms with van der Waals surface area (Å²) in [4.78, 5) is 12.3. The van der Waals surface area contributed by atoms with Crippen molar-refractivity contribution in [3.63, 3.8) is 0 Å². The van der Waals surface area contributed by atoms with Gasteiger partial charge in [0.15, 0.2) is 0 Å². The van der Waals surface area contributed by atoms with Gasteiger partial charge in [-0.3, -0.25) is 4.79 Å². The number of carbonyl (C=O) groups excluding carboxylic acids is 1. The van der Waals surface area contributed by atoms with Crippen LogP contribution in [0.25, 0.3) is 0 Å². The van der Waals surface area contributed by atoms with Crippen LogP contribution in [-0.2, 0) is 27.8 Å². The highest BCUT2D eigenvalue weighted by Crippen LogP contribution is 2.10. The molecule has 2 aromatic carbocycles. The van der Waals surface area contributed by atoms with Gasteiger partial charge in [-0.15, -0.1) is 0 Å². The number of hydrogen-bond acceptors (Lipinski definition) is 3. The van der Waals surface area contributed by atoms with Gasteiger partial charge < -0.3 is 5.32 Å². The van der Waals surface area contributed by atoms with E-state index in [-0.39, 0.29) is 25.0 Å². The lowest BCUT2D eigenvalue weighted by Gasteiger charge is -2.21. The molecule has 0 aliphatic carbocycles. The number of carbonyl (C=O) groups is 1. The van der Waals surface area contributed by atoms with Crippen molar-refractivity contribution in [2.75, 3.05) is 12.8 Å². The third kappa shape index (κ3) is 7.53. The molecule has 0 saturated carbocycles. The molecule has 0 fully saturated rings. The van der Waals surface area contributed by atoms with E-state index in [0.29, 0.717) is 0 Å². The van der Waals surface area contributed by atoms with E-state index in [9.17, 15) is 13.2 Å². The zero-order valence-corrected chi connectivity index (χ0v) is 17.0. The van der Waals surface area contributed by atoms with Crippen molar-refractivity contribution in [2.24, 2.45) is 0 Å². The molecule has 6 heteroatoms. The molecule has 0 radical (unpaired) electrons. The maximum atomic E-state index is 12.3. The van der Waals surface area contributed by atoms with E-state index in [1.54, 1.807) is 0 Å². The van der Waals surface area contributed by atoms with Gasteiger partial charge in [-0.25, -0.2) is 8.42 Å². The number of amides is 1. The first-order valence-electron chi connectivity index (χ1n) is 9.08. The first-order chi connectivity index (χ1) is 12.7. The molecule has 0 bridgehead atoms. The van der Waals surface area contributed by atoms with Gasteiger partial charge >= 0.3 is 0 Å². The number of sulfonamides is 1. The Morgan fingerprint density at radius 2 is 1.67 bits per heavy atom. The summed E-state index contributed by atoms with van der Waals surface area (Å²) in [7, 11) is -3.49. The Hall–Kier alpha value is -2.18. The predicted octanol–water partition coefficient (Wildman–Crippen LogP) is 2.89. The predicted molar refractivity (Wildman–Crippen MR) is 109 cm³/mol.